The van der Waals surface area contributed by atoms with Gasteiger partial charge < -0.3 is 19.7 Å². The van der Waals surface area contributed by atoms with E-state index in [1.54, 1.807) is 19.5 Å². The van der Waals surface area contributed by atoms with Crippen LogP contribution in [0.4, 0.5) is 17.2 Å². The molecule has 0 atom stereocenters. The lowest BCUT2D eigenvalue weighted by atomic mass is 9.97. The normalized spacial score (nSPS) is 14.6. The van der Waals surface area contributed by atoms with E-state index in [0.29, 0.717) is 11.8 Å². The van der Waals surface area contributed by atoms with Gasteiger partial charge >= 0.3 is 0 Å². The van der Waals surface area contributed by atoms with Gasteiger partial charge in [0.25, 0.3) is 0 Å². The minimum Gasteiger partial charge on any atom is -0.437 e. The van der Waals surface area contributed by atoms with E-state index in [2.05, 4.69) is 26.3 Å². The minimum atomic E-state index is 0.636. The Bertz CT molecular complexity index is 894. The second-order valence-electron chi connectivity index (χ2n) is 7.18. The zero-order valence-electron chi connectivity index (χ0n) is 16.6. The maximum atomic E-state index is 6.12. The fraction of sp³-hybridized carbons (Fsp3) is 0.304. The van der Waals surface area contributed by atoms with Gasteiger partial charge in [-0.3, -0.25) is 0 Å². The number of piperidine rings is 1. The Hall–Kier alpha value is -3.12. The van der Waals surface area contributed by atoms with Gasteiger partial charge in [-0.1, -0.05) is 6.07 Å². The number of benzene rings is 1. The Labute approximate surface area is 171 Å². The highest BCUT2D eigenvalue weighted by molar-refractivity contribution is 5.59. The van der Waals surface area contributed by atoms with Crippen LogP contribution in [0.1, 0.15) is 12.8 Å². The van der Waals surface area contributed by atoms with E-state index in [0.717, 1.165) is 55.5 Å². The highest BCUT2D eigenvalue weighted by atomic mass is 16.5. The summed E-state index contributed by atoms with van der Waals surface area (Å²) in [6.45, 7) is 2.81. The van der Waals surface area contributed by atoms with Crippen molar-refractivity contribution >= 4 is 17.2 Å². The van der Waals surface area contributed by atoms with E-state index >= 15 is 0 Å². The molecule has 0 radical (unpaired) electrons. The minimum absolute atomic E-state index is 0.636. The quantitative estimate of drug-likeness (QED) is 0.621. The van der Waals surface area contributed by atoms with Gasteiger partial charge in [-0.15, -0.1) is 0 Å². The number of nitrogens with zero attached hydrogens (tertiary/aromatic N) is 3. The van der Waals surface area contributed by atoms with Gasteiger partial charge in [0.1, 0.15) is 17.3 Å². The van der Waals surface area contributed by atoms with Crippen LogP contribution in [0, 0.1) is 5.92 Å². The number of pyridine rings is 2. The fourth-order valence-electron chi connectivity index (χ4n) is 3.58. The molecule has 2 aromatic heterocycles. The molecule has 3 aromatic rings. The van der Waals surface area contributed by atoms with Crippen molar-refractivity contribution in [3.63, 3.8) is 0 Å². The van der Waals surface area contributed by atoms with Crippen LogP contribution in [0.5, 0.6) is 11.6 Å². The van der Waals surface area contributed by atoms with Crippen molar-refractivity contribution in [3.05, 3.63) is 67.0 Å². The average molecular weight is 390 g/mol. The Morgan fingerprint density at radius 2 is 1.76 bits per heavy atom. The number of anilines is 3. The zero-order valence-corrected chi connectivity index (χ0v) is 16.6. The van der Waals surface area contributed by atoms with Crippen molar-refractivity contribution in [2.45, 2.75) is 12.8 Å². The Balaban J connectivity index is 1.42. The highest BCUT2D eigenvalue weighted by Gasteiger charge is 2.22. The largest absolute Gasteiger partial charge is 0.437 e. The molecule has 6 nitrogen and oxygen atoms in total. The van der Waals surface area contributed by atoms with Gasteiger partial charge in [0.2, 0.25) is 5.88 Å². The standard InChI is InChI=1S/C23H26N4O2/c1-28-17-18-11-15-27(16-12-18)21-5-4-14-25-23(21)29-20-9-7-19(8-10-20)26-22-6-2-3-13-24-22/h2-10,13-14,18H,11-12,15-17H2,1H3,(H,24,26). The summed E-state index contributed by atoms with van der Waals surface area (Å²) in [7, 11) is 1.77. The first-order chi connectivity index (χ1) is 14.3. The third-order valence-corrected chi connectivity index (χ3v) is 5.11. The van der Waals surface area contributed by atoms with Crippen molar-refractivity contribution in [2.75, 3.05) is 37.0 Å². The first kappa shape index (κ1) is 19.2. The molecule has 150 valence electrons. The molecule has 1 saturated heterocycles. The molecule has 0 bridgehead atoms. The molecule has 1 N–H and O–H groups in total. The molecule has 1 aromatic carbocycles. The first-order valence-corrected chi connectivity index (χ1v) is 9.96. The number of ether oxygens (including phenoxy) is 2. The molecule has 3 heterocycles. The zero-order chi connectivity index (χ0) is 19.9. The summed E-state index contributed by atoms with van der Waals surface area (Å²) in [5.74, 6) is 2.84. The van der Waals surface area contributed by atoms with Gasteiger partial charge in [0, 0.05) is 44.9 Å². The lowest BCUT2D eigenvalue weighted by Crippen LogP contribution is -2.35. The summed E-state index contributed by atoms with van der Waals surface area (Å²) < 4.78 is 11.4. The maximum Gasteiger partial charge on any atom is 0.243 e. The van der Waals surface area contributed by atoms with Gasteiger partial charge in [0.15, 0.2) is 0 Å². The Morgan fingerprint density at radius 3 is 2.48 bits per heavy atom. The van der Waals surface area contributed by atoms with Crippen molar-refractivity contribution in [3.8, 4) is 11.6 Å². The molecule has 4 rings (SSSR count). The van der Waals surface area contributed by atoms with E-state index in [9.17, 15) is 0 Å². The van der Waals surface area contributed by atoms with Gasteiger partial charge in [-0.05, 0) is 67.3 Å². The number of hydrogen-bond acceptors (Lipinski definition) is 6. The first-order valence-electron chi connectivity index (χ1n) is 9.96. The molecular weight excluding hydrogens is 364 g/mol. The van der Waals surface area contributed by atoms with Gasteiger partial charge in [-0.25, -0.2) is 9.97 Å². The van der Waals surface area contributed by atoms with E-state index < -0.39 is 0 Å². The number of methoxy groups -OCH3 is 1. The van der Waals surface area contributed by atoms with Crippen LogP contribution < -0.4 is 15.0 Å². The van der Waals surface area contributed by atoms with Crippen LogP contribution in [-0.4, -0.2) is 36.8 Å². The number of rotatable bonds is 7. The summed E-state index contributed by atoms with van der Waals surface area (Å²) in [5.41, 5.74) is 2.00. The molecule has 0 aliphatic carbocycles. The molecule has 0 saturated carbocycles. The highest BCUT2D eigenvalue weighted by Crippen LogP contribution is 2.33. The van der Waals surface area contributed by atoms with Crippen LogP contribution in [0.15, 0.2) is 67.0 Å². The lowest BCUT2D eigenvalue weighted by Gasteiger charge is -2.33. The van der Waals surface area contributed by atoms with Gasteiger partial charge in [-0.2, -0.15) is 0 Å². The van der Waals surface area contributed by atoms with Gasteiger partial charge in [0.05, 0.1) is 0 Å². The average Bonchev–Trinajstić information content (AvgIpc) is 2.77. The molecule has 0 unspecified atom stereocenters. The monoisotopic (exact) mass is 390 g/mol. The van der Waals surface area contributed by atoms with Crippen molar-refractivity contribution < 1.29 is 9.47 Å². The predicted molar refractivity (Wildman–Crippen MR) is 115 cm³/mol. The number of nitrogens with one attached hydrogen (secondary N) is 1. The summed E-state index contributed by atoms with van der Waals surface area (Å²) in [6, 6.07) is 17.6. The third kappa shape index (κ3) is 5.03. The predicted octanol–water partition coefficient (Wildman–Crippen LogP) is 4.88. The molecule has 29 heavy (non-hydrogen) atoms. The molecular formula is C23H26N4O2. The van der Waals surface area contributed by atoms with Crippen molar-refractivity contribution in [2.24, 2.45) is 5.92 Å². The van der Waals surface area contributed by atoms with Crippen LogP contribution in [-0.2, 0) is 4.74 Å². The van der Waals surface area contributed by atoms with E-state index in [1.165, 1.54) is 0 Å². The summed E-state index contributed by atoms with van der Waals surface area (Å²) in [5, 5.41) is 3.27. The van der Waals surface area contributed by atoms with Crippen LogP contribution in [0.25, 0.3) is 0 Å². The smallest absolute Gasteiger partial charge is 0.243 e. The molecule has 1 aliphatic rings. The topological polar surface area (TPSA) is 59.5 Å². The molecule has 1 fully saturated rings. The second-order valence-corrected chi connectivity index (χ2v) is 7.18. The van der Waals surface area contributed by atoms with Crippen LogP contribution >= 0.6 is 0 Å². The summed E-state index contributed by atoms with van der Waals surface area (Å²) in [4.78, 5) is 11.1. The third-order valence-electron chi connectivity index (χ3n) is 5.11. The number of aromatic nitrogens is 2. The Kier molecular flexibility index (Phi) is 6.22. The lowest BCUT2D eigenvalue weighted by molar-refractivity contribution is 0.139. The van der Waals surface area contributed by atoms with Crippen LogP contribution in [0.2, 0.25) is 0 Å². The van der Waals surface area contributed by atoms with Crippen molar-refractivity contribution in [1.29, 1.82) is 0 Å². The van der Waals surface area contributed by atoms with E-state index in [1.807, 2.05) is 48.5 Å². The summed E-state index contributed by atoms with van der Waals surface area (Å²) in [6.07, 6.45) is 5.78. The Morgan fingerprint density at radius 1 is 0.966 bits per heavy atom. The number of hydrogen-bond donors (Lipinski definition) is 1. The van der Waals surface area contributed by atoms with E-state index in [4.69, 9.17) is 9.47 Å². The fourth-order valence-corrected chi connectivity index (χ4v) is 3.58. The molecule has 0 spiro atoms. The van der Waals surface area contributed by atoms with E-state index in [-0.39, 0.29) is 0 Å². The molecule has 0 amide bonds. The molecule has 1 aliphatic heterocycles. The second kappa shape index (κ2) is 9.39. The SMILES string of the molecule is COCC1CCN(c2cccnc2Oc2ccc(Nc3ccccn3)cc2)CC1. The van der Waals surface area contributed by atoms with Crippen molar-refractivity contribution in [1.82, 2.24) is 9.97 Å². The maximum absolute atomic E-state index is 6.12. The molecule has 6 heteroatoms. The summed E-state index contributed by atoms with van der Waals surface area (Å²) >= 11 is 0. The van der Waals surface area contributed by atoms with Crippen LogP contribution in [0.3, 0.4) is 0 Å².